The van der Waals surface area contributed by atoms with Crippen molar-refractivity contribution in [1.82, 2.24) is 15.0 Å². The fraction of sp³-hybridized carbons (Fsp3) is 0.240. The van der Waals surface area contributed by atoms with Gasteiger partial charge in [-0.3, -0.25) is 4.90 Å². The van der Waals surface area contributed by atoms with Gasteiger partial charge in [-0.2, -0.15) is 0 Å². The van der Waals surface area contributed by atoms with Gasteiger partial charge in [0, 0.05) is 43.6 Å². The van der Waals surface area contributed by atoms with Crippen molar-refractivity contribution in [3.63, 3.8) is 0 Å². The zero-order valence-electron chi connectivity index (χ0n) is 18.0. The summed E-state index contributed by atoms with van der Waals surface area (Å²) in [5.41, 5.74) is 3.77. The number of aromatic nitrogens is 3. The Kier molecular flexibility index (Phi) is 5.46. The minimum atomic E-state index is -0.158. The van der Waals surface area contributed by atoms with Crippen molar-refractivity contribution in [1.29, 1.82) is 0 Å². The molecular weight excluding hydrogens is 400 g/mol. The molecule has 0 bridgehead atoms. The van der Waals surface area contributed by atoms with Gasteiger partial charge >= 0.3 is 6.03 Å². The SMILES string of the molecule is CN(C(=O)Nc1ccccc1)c1cccc([C@@H]2CCCN(c3ncnc4[nH]ccc34)C2)c1. The van der Waals surface area contributed by atoms with E-state index >= 15 is 0 Å². The van der Waals surface area contributed by atoms with Crippen LogP contribution in [0.3, 0.4) is 0 Å². The minimum absolute atomic E-state index is 0.158. The van der Waals surface area contributed by atoms with Crippen LogP contribution in [0.5, 0.6) is 0 Å². The summed E-state index contributed by atoms with van der Waals surface area (Å²) in [6.45, 7) is 1.87. The number of nitrogens with one attached hydrogen (secondary N) is 2. The Morgan fingerprint density at radius 1 is 1.12 bits per heavy atom. The Bertz CT molecular complexity index is 1220. The predicted molar refractivity (Wildman–Crippen MR) is 128 cm³/mol. The standard InChI is InChI=1S/C25H26N6O/c1-30(25(32)29-20-9-3-2-4-10-20)21-11-5-7-18(15-21)19-8-6-14-31(16-19)24-22-12-13-26-23(22)27-17-28-24/h2-5,7,9-13,15,17,19H,6,8,14,16H2,1H3,(H,29,32)(H,26,27,28)/t19-/m1/s1. The molecular formula is C25H26N6O. The Morgan fingerprint density at radius 2 is 2.00 bits per heavy atom. The zero-order valence-corrected chi connectivity index (χ0v) is 18.0. The van der Waals surface area contributed by atoms with Gasteiger partial charge in [-0.1, -0.05) is 30.3 Å². The van der Waals surface area contributed by atoms with Gasteiger partial charge in [-0.15, -0.1) is 0 Å². The summed E-state index contributed by atoms with van der Waals surface area (Å²) in [6.07, 6.45) is 5.74. The lowest BCUT2D eigenvalue weighted by molar-refractivity contribution is 0.258. The normalized spacial score (nSPS) is 16.2. The van der Waals surface area contributed by atoms with Gasteiger partial charge < -0.3 is 15.2 Å². The van der Waals surface area contributed by atoms with E-state index in [9.17, 15) is 4.79 Å². The third-order valence-electron chi connectivity index (χ3n) is 6.11. The number of para-hydroxylation sites is 1. The molecule has 2 aromatic carbocycles. The second kappa shape index (κ2) is 8.70. The quantitative estimate of drug-likeness (QED) is 0.481. The molecule has 0 unspecified atom stereocenters. The molecule has 1 aliphatic heterocycles. The summed E-state index contributed by atoms with van der Waals surface area (Å²) >= 11 is 0. The first-order valence-electron chi connectivity index (χ1n) is 10.9. The molecule has 3 heterocycles. The Labute approximate surface area is 187 Å². The van der Waals surface area contributed by atoms with Gasteiger partial charge in [0.2, 0.25) is 0 Å². The third kappa shape index (κ3) is 4.01. The van der Waals surface area contributed by atoms with Crippen molar-refractivity contribution in [3.05, 3.63) is 78.8 Å². The Hall–Kier alpha value is -3.87. The van der Waals surface area contributed by atoms with E-state index in [1.165, 1.54) is 5.56 Å². The number of hydrogen-bond acceptors (Lipinski definition) is 4. The van der Waals surface area contributed by atoms with Gasteiger partial charge in [-0.25, -0.2) is 14.8 Å². The molecule has 0 spiro atoms. The van der Waals surface area contributed by atoms with Crippen LogP contribution < -0.4 is 15.1 Å². The lowest BCUT2D eigenvalue weighted by Crippen LogP contribution is -2.35. The molecule has 7 nitrogen and oxygen atoms in total. The summed E-state index contributed by atoms with van der Waals surface area (Å²) < 4.78 is 0. The number of urea groups is 1. The Morgan fingerprint density at radius 3 is 2.88 bits per heavy atom. The third-order valence-corrected chi connectivity index (χ3v) is 6.11. The molecule has 0 saturated carbocycles. The summed E-state index contributed by atoms with van der Waals surface area (Å²) in [7, 11) is 1.80. The molecule has 1 saturated heterocycles. The van der Waals surface area contributed by atoms with E-state index in [2.05, 4.69) is 37.3 Å². The molecule has 32 heavy (non-hydrogen) atoms. The van der Waals surface area contributed by atoms with Crippen molar-refractivity contribution >= 4 is 34.3 Å². The summed E-state index contributed by atoms with van der Waals surface area (Å²) in [4.78, 5) is 28.8. The molecule has 1 aliphatic rings. The molecule has 1 atom stereocenters. The maximum atomic E-state index is 12.7. The second-order valence-electron chi connectivity index (χ2n) is 8.17. The highest BCUT2D eigenvalue weighted by molar-refractivity contribution is 6.01. The van der Waals surface area contributed by atoms with Crippen molar-refractivity contribution in [2.24, 2.45) is 0 Å². The van der Waals surface area contributed by atoms with Crippen LogP contribution in [0.2, 0.25) is 0 Å². The fourth-order valence-electron chi connectivity index (χ4n) is 4.39. The maximum absolute atomic E-state index is 12.7. The van der Waals surface area contributed by atoms with Gasteiger partial charge in [0.05, 0.1) is 5.39 Å². The summed E-state index contributed by atoms with van der Waals surface area (Å²) in [5.74, 6) is 1.36. The maximum Gasteiger partial charge on any atom is 0.326 e. The van der Waals surface area contributed by atoms with Crippen molar-refractivity contribution in [3.8, 4) is 0 Å². The molecule has 7 heteroatoms. The fourth-order valence-corrected chi connectivity index (χ4v) is 4.39. The van der Waals surface area contributed by atoms with E-state index in [0.29, 0.717) is 5.92 Å². The van der Waals surface area contributed by atoms with E-state index in [1.54, 1.807) is 18.3 Å². The first kappa shape index (κ1) is 20.1. The highest BCUT2D eigenvalue weighted by atomic mass is 16.2. The van der Waals surface area contributed by atoms with Gasteiger partial charge in [0.15, 0.2) is 0 Å². The van der Waals surface area contributed by atoms with Crippen LogP contribution >= 0.6 is 0 Å². The highest BCUT2D eigenvalue weighted by Gasteiger charge is 2.24. The molecule has 0 radical (unpaired) electrons. The number of benzene rings is 2. The molecule has 2 N–H and O–H groups in total. The van der Waals surface area contributed by atoms with Crippen LogP contribution in [-0.2, 0) is 0 Å². The average molecular weight is 427 g/mol. The molecule has 5 rings (SSSR count). The first-order chi connectivity index (χ1) is 15.7. The molecule has 4 aromatic rings. The summed E-state index contributed by atoms with van der Waals surface area (Å²) in [6, 6.07) is 19.7. The number of carbonyl (C=O) groups is 1. The van der Waals surface area contributed by atoms with Crippen molar-refractivity contribution < 1.29 is 4.79 Å². The van der Waals surface area contributed by atoms with E-state index < -0.39 is 0 Å². The van der Waals surface area contributed by atoms with Gasteiger partial charge in [0.25, 0.3) is 0 Å². The van der Waals surface area contributed by atoms with Crippen LogP contribution in [0.15, 0.2) is 73.2 Å². The van der Waals surface area contributed by atoms with Gasteiger partial charge in [0.1, 0.15) is 17.8 Å². The monoisotopic (exact) mass is 426 g/mol. The topological polar surface area (TPSA) is 77.2 Å². The lowest BCUT2D eigenvalue weighted by atomic mass is 9.90. The molecule has 162 valence electrons. The van der Waals surface area contributed by atoms with Crippen molar-refractivity contribution in [2.75, 3.05) is 35.3 Å². The number of amides is 2. The summed E-state index contributed by atoms with van der Waals surface area (Å²) in [5, 5.41) is 4.00. The van der Waals surface area contributed by atoms with Crippen molar-refractivity contribution in [2.45, 2.75) is 18.8 Å². The van der Waals surface area contributed by atoms with Crippen LogP contribution in [-0.4, -0.2) is 41.1 Å². The average Bonchev–Trinajstić information content (AvgIpc) is 3.33. The number of piperidine rings is 1. The van der Waals surface area contributed by atoms with Crippen LogP contribution in [0.25, 0.3) is 11.0 Å². The predicted octanol–water partition coefficient (Wildman–Crippen LogP) is 5.01. The molecule has 1 fully saturated rings. The van der Waals surface area contributed by atoms with Crippen LogP contribution in [0.4, 0.5) is 22.0 Å². The molecule has 0 aliphatic carbocycles. The second-order valence-corrected chi connectivity index (χ2v) is 8.17. The number of nitrogens with zero attached hydrogens (tertiary/aromatic N) is 4. The first-order valence-corrected chi connectivity index (χ1v) is 10.9. The number of fused-ring (bicyclic) bond motifs is 1. The minimum Gasteiger partial charge on any atom is -0.355 e. The number of rotatable bonds is 4. The molecule has 2 aromatic heterocycles. The smallest absolute Gasteiger partial charge is 0.326 e. The Balaban J connectivity index is 1.33. The lowest BCUT2D eigenvalue weighted by Gasteiger charge is -2.34. The van der Waals surface area contributed by atoms with E-state index in [-0.39, 0.29) is 6.03 Å². The number of aromatic amines is 1. The molecule has 2 amide bonds. The number of anilines is 3. The number of carbonyl (C=O) groups excluding carboxylic acids is 1. The van der Waals surface area contributed by atoms with E-state index in [1.807, 2.05) is 54.7 Å². The van der Waals surface area contributed by atoms with Crippen LogP contribution in [0, 0.1) is 0 Å². The van der Waals surface area contributed by atoms with E-state index in [0.717, 1.165) is 54.2 Å². The van der Waals surface area contributed by atoms with Crippen LogP contribution in [0.1, 0.15) is 24.3 Å². The largest absolute Gasteiger partial charge is 0.355 e. The zero-order chi connectivity index (χ0) is 21.9. The highest BCUT2D eigenvalue weighted by Crippen LogP contribution is 2.33. The number of H-pyrrole nitrogens is 1. The van der Waals surface area contributed by atoms with E-state index in [4.69, 9.17) is 0 Å². The van der Waals surface area contributed by atoms with Gasteiger partial charge in [-0.05, 0) is 48.7 Å². The number of hydrogen-bond donors (Lipinski definition) is 2.